The van der Waals surface area contributed by atoms with Crippen LogP contribution in [-0.2, 0) is 19.7 Å². The molecule has 0 saturated heterocycles. The van der Waals surface area contributed by atoms with Crippen LogP contribution in [0.2, 0.25) is 10.0 Å². The number of hydrogen-bond donors (Lipinski definition) is 1. The summed E-state index contributed by atoms with van der Waals surface area (Å²) in [5.41, 5.74) is 3.34. The molecule has 0 heterocycles. The average molecular weight is 372 g/mol. The molecule has 25 heavy (non-hydrogen) atoms. The minimum atomic E-state index is 0.436. The van der Waals surface area contributed by atoms with Crippen LogP contribution in [0, 0.1) is 0 Å². The molecule has 2 nitrogen and oxygen atoms in total. The van der Waals surface area contributed by atoms with Gasteiger partial charge in [-0.1, -0.05) is 83.9 Å². The Balaban J connectivity index is 1.59. The number of hydrogen-bond acceptors (Lipinski definition) is 2. The Hall–Kier alpha value is -2.00. The van der Waals surface area contributed by atoms with E-state index in [-0.39, 0.29) is 0 Å². The van der Waals surface area contributed by atoms with Crippen LogP contribution in [-0.4, -0.2) is 0 Å². The first kappa shape index (κ1) is 17.8. The van der Waals surface area contributed by atoms with Gasteiger partial charge in [0.05, 0.1) is 10.0 Å². The van der Waals surface area contributed by atoms with E-state index in [0.717, 1.165) is 17.7 Å². The summed E-state index contributed by atoms with van der Waals surface area (Å²) >= 11 is 12.7. The van der Waals surface area contributed by atoms with E-state index in [1.807, 2.05) is 60.7 Å². The van der Waals surface area contributed by atoms with Crippen LogP contribution in [0.3, 0.4) is 0 Å². The number of ether oxygens (including phenoxy) is 1. The smallest absolute Gasteiger partial charge is 0.156 e. The fraction of sp³-hybridized carbons (Fsp3) is 0.143. The fourth-order valence-electron chi connectivity index (χ4n) is 2.53. The summed E-state index contributed by atoms with van der Waals surface area (Å²) in [5, 5.41) is 4.45. The SMILES string of the molecule is Clc1cc(CNCc2ccccc2)cc(Cl)c1OCc1ccccc1. The van der Waals surface area contributed by atoms with Crippen LogP contribution < -0.4 is 10.1 Å². The predicted octanol–water partition coefficient (Wildman–Crippen LogP) is 5.86. The third-order valence-corrected chi connectivity index (χ3v) is 4.35. The molecular weight excluding hydrogens is 353 g/mol. The zero-order valence-electron chi connectivity index (χ0n) is 13.7. The quantitative estimate of drug-likeness (QED) is 0.561. The molecule has 0 amide bonds. The Morgan fingerprint density at radius 3 is 1.80 bits per heavy atom. The first-order valence-electron chi connectivity index (χ1n) is 8.11. The summed E-state index contributed by atoms with van der Waals surface area (Å²) in [6.07, 6.45) is 0. The van der Waals surface area contributed by atoms with E-state index in [2.05, 4.69) is 17.4 Å². The van der Waals surface area contributed by atoms with Gasteiger partial charge in [-0.25, -0.2) is 0 Å². The number of nitrogens with one attached hydrogen (secondary N) is 1. The highest BCUT2D eigenvalue weighted by Gasteiger charge is 2.10. The van der Waals surface area contributed by atoms with Crippen molar-refractivity contribution in [3.8, 4) is 5.75 Å². The van der Waals surface area contributed by atoms with Gasteiger partial charge in [-0.05, 0) is 28.8 Å². The van der Waals surface area contributed by atoms with Crippen LogP contribution in [0.1, 0.15) is 16.7 Å². The normalized spacial score (nSPS) is 10.6. The maximum absolute atomic E-state index is 6.36. The van der Waals surface area contributed by atoms with Crippen molar-refractivity contribution >= 4 is 23.2 Å². The summed E-state index contributed by atoms with van der Waals surface area (Å²) in [6, 6.07) is 24.0. The number of halogens is 2. The molecule has 0 radical (unpaired) electrons. The molecule has 0 saturated carbocycles. The average Bonchev–Trinajstić information content (AvgIpc) is 2.63. The summed E-state index contributed by atoms with van der Waals surface area (Å²) in [5.74, 6) is 0.527. The molecule has 3 rings (SSSR count). The summed E-state index contributed by atoms with van der Waals surface area (Å²) in [6.45, 7) is 1.92. The second-order valence-corrected chi connectivity index (χ2v) is 6.57. The fourth-order valence-corrected chi connectivity index (χ4v) is 3.17. The van der Waals surface area contributed by atoms with Gasteiger partial charge in [-0.3, -0.25) is 0 Å². The maximum atomic E-state index is 6.36. The van der Waals surface area contributed by atoms with E-state index in [1.54, 1.807) is 0 Å². The standard InChI is InChI=1S/C21H19Cl2NO/c22-19-11-18(14-24-13-16-7-3-1-4-8-16)12-20(23)21(19)25-15-17-9-5-2-6-10-17/h1-12,24H,13-15H2. The van der Waals surface area contributed by atoms with E-state index in [9.17, 15) is 0 Å². The van der Waals surface area contributed by atoms with Gasteiger partial charge in [0.1, 0.15) is 6.61 Å². The molecule has 0 aromatic heterocycles. The Kier molecular flexibility index (Phi) is 6.35. The molecule has 3 aromatic carbocycles. The highest BCUT2D eigenvalue weighted by Crippen LogP contribution is 2.34. The van der Waals surface area contributed by atoms with Gasteiger partial charge < -0.3 is 10.1 Å². The first-order chi connectivity index (χ1) is 12.2. The summed E-state index contributed by atoms with van der Waals surface area (Å²) in [4.78, 5) is 0. The lowest BCUT2D eigenvalue weighted by Gasteiger charge is -2.12. The molecule has 128 valence electrons. The van der Waals surface area contributed by atoms with Crippen molar-refractivity contribution in [2.75, 3.05) is 0 Å². The molecule has 0 bridgehead atoms. The van der Waals surface area contributed by atoms with Crippen molar-refractivity contribution in [2.24, 2.45) is 0 Å². The molecule has 1 N–H and O–H groups in total. The zero-order chi connectivity index (χ0) is 17.5. The van der Waals surface area contributed by atoms with Crippen molar-refractivity contribution in [3.63, 3.8) is 0 Å². The molecule has 0 atom stereocenters. The minimum Gasteiger partial charge on any atom is -0.486 e. The monoisotopic (exact) mass is 371 g/mol. The molecular formula is C21H19Cl2NO. The third kappa shape index (κ3) is 5.23. The van der Waals surface area contributed by atoms with Gasteiger partial charge in [0, 0.05) is 13.1 Å². The number of rotatable bonds is 7. The number of benzene rings is 3. The molecule has 0 aliphatic carbocycles. The van der Waals surface area contributed by atoms with Gasteiger partial charge in [0.25, 0.3) is 0 Å². The molecule has 0 unspecified atom stereocenters. The lowest BCUT2D eigenvalue weighted by Crippen LogP contribution is -2.12. The van der Waals surface area contributed by atoms with Crippen LogP contribution in [0.4, 0.5) is 0 Å². The van der Waals surface area contributed by atoms with Gasteiger partial charge in [-0.15, -0.1) is 0 Å². The highest BCUT2D eigenvalue weighted by molar-refractivity contribution is 6.37. The van der Waals surface area contributed by atoms with Gasteiger partial charge >= 0.3 is 0 Å². The van der Waals surface area contributed by atoms with Gasteiger partial charge in [0.2, 0.25) is 0 Å². The minimum absolute atomic E-state index is 0.436. The maximum Gasteiger partial charge on any atom is 0.156 e. The second kappa shape index (κ2) is 8.91. The highest BCUT2D eigenvalue weighted by atomic mass is 35.5. The molecule has 0 aliphatic heterocycles. The van der Waals surface area contributed by atoms with Crippen LogP contribution in [0.25, 0.3) is 0 Å². The molecule has 4 heteroatoms. The zero-order valence-corrected chi connectivity index (χ0v) is 15.2. The van der Waals surface area contributed by atoms with Crippen LogP contribution >= 0.6 is 23.2 Å². The Bertz CT molecular complexity index is 784. The lowest BCUT2D eigenvalue weighted by atomic mass is 10.2. The first-order valence-corrected chi connectivity index (χ1v) is 8.87. The van der Waals surface area contributed by atoms with Crippen LogP contribution in [0.5, 0.6) is 5.75 Å². The Morgan fingerprint density at radius 1 is 0.680 bits per heavy atom. The molecule has 3 aromatic rings. The summed E-state index contributed by atoms with van der Waals surface area (Å²) in [7, 11) is 0. The molecule has 0 fully saturated rings. The summed E-state index contributed by atoms with van der Waals surface area (Å²) < 4.78 is 5.80. The van der Waals surface area contributed by atoms with E-state index >= 15 is 0 Å². The van der Waals surface area contributed by atoms with E-state index in [4.69, 9.17) is 27.9 Å². The third-order valence-electron chi connectivity index (χ3n) is 3.79. The van der Waals surface area contributed by atoms with Crippen molar-refractivity contribution < 1.29 is 4.74 Å². The van der Waals surface area contributed by atoms with E-state index in [1.165, 1.54) is 5.56 Å². The van der Waals surface area contributed by atoms with Gasteiger partial charge in [0.15, 0.2) is 5.75 Å². The van der Waals surface area contributed by atoms with Gasteiger partial charge in [-0.2, -0.15) is 0 Å². The van der Waals surface area contributed by atoms with Crippen molar-refractivity contribution in [3.05, 3.63) is 99.5 Å². The predicted molar refractivity (Wildman–Crippen MR) is 104 cm³/mol. The Labute approximate surface area is 158 Å². The van der Waals surface area contributed by atoms with Crippen LogP contribution in [0.15, 0.2) is 72.8 Å². The Morgan fingerprint density at radius 2 is 1.20 bits per heavy atom. The molecule has 0 aliphatic rings. The van der Waals surface area contributed by atoms with Crippen molar-refractivity contribution in [2.45, 2.75) is 19.7 Å². The molecule has 0 spiro atoms. The van der Waals surface area contributed by atoms with Crippen molar-refractivity contribution in [1.82, 2.24) is 5.32 Å². The lowest BCUT2D eigenvalue weighted by molar-refractivity contribution is 0.306. The largest absolute Gasteiger partial charge is 0.486 e. The second-order valence-electron chi connectivity index (χ2n) is 5.75. The van der Waals surface area contributed by atoms with E-state index < -0.39 is 0 Å². The van der Waals surface area contributed by atoms with E-state index in [0.29, 0.717) is 28.9 Å². The topological polar surface area (TPSA) is 21.3 Å². The van der Waals surface area contributed by atoms with Crippen molar-refractivity contribution in [1.29, 1.82) is 0 Å².